The minimum Gasteiger partial charge on any atom is -0.484 e. The van der Waals surface area contributed by atoms with Crippen LogP contribution in [-0.4, -0.2) is 41.7 Å². The third kappa shape index (κ3) is 4.90. The highest BCUT2D eigenvalue weighted by atomic mass is 16.5. The largest absolute Gasteiger partial charge is 0.484 e. The van der Waals surface area contributed by atoms with E-state index in [-0.39, 0.29) is 25.2 Å². The van der Waals surface area contributed by atoms with Crippen LogP contribution in [0.5, 0.6) is 5.75 Å². The number of rotatable bonds is 7. The molecule has 0 spiro atoms. The summed E-state index contributed by atoms with van der Waals surface area (Å²) in [7, 11) is 0. The van der Waals surface area contributed by atoms with Crippen molar-refractivity contribution in [2.75, 3.05) is 19.8 Å². The van der Waals surface area contributed by atoms with E-state index in [1.807, 2.05) is 19.9 Å². The first-order valence-electron chi connectivity index (χ1n) is 6.61. The summed E-state index contributed by atoms with van der Waals surface area (Å²) in [4.78, 5) is 13.7. The zero-order chi connectivity index (χ0) is 15.0. The summed E-state index contributed by atoms with van der Waals surface area (Å²) in [5, 5.41) is 17.5. The molecule has 1 N–H and O–H groups in total. The van der Waals surface area contributed by atoms with E-state index in [2.05, 4.69) is 0 Å². The van der Waals surface area contributed by atoms with Gasteiger partial charge in [0.1, 0.15) is 5.75 Å². The third-order valence-corrected chi connectivity index (χ3v) is 2.85. The SMILES string of the molecule is CC(C)N(CCCO)C(=O)COc1ccc(C#N)cc1. The maximum Gasteiger partial charge on any atom is 0.260 e. The zero-order valence-corrected chi connectivity index (χ0v) is 11.9. The number of nitriles is 1. The molecule has 1 aromatic rings. The van der Waals surface area contributed by atoms with Gasteiger partial charge in [0, 0.05) is 19.2 Å². The lowest BCUT2D eigenvalue weighted by Crippen LogP contribution is -2.40. The molecule has 0 saturated carbocycles. The Hall–Kier alpha value is -2.06. The van der Waals surface area contributed by atoms with Gasteiger partial charge in [-0.15, -0.1) is 0 Å². The Balaban J connectivity index is 2.53. The zero-order valence-electron chi connectivity index (χ0n) is 11.9. The van der Waals surface area contributed by atoms with Gasteiger partial charge in [0.05, 0.1) is 11.6 Å². The average Bonchev–Trinajstić information content (AvgIpc) is 2.45. The van der Waals surface area contributed by atoms with Crippen molar-refractivity contribution in [2.24, 2.45) is 0 Å². The molecule has 0 aliphatic carbocycles. The molecule has 108 valence electrons. The average molecular weight is 276 g/mol. The van der Waals surface area contributed by atoms with E-state index in [1.165, 1.54) is 0 Å². The second-order valence-electron chi connectivity index (χ2n) is 4.68. The number of hydrogen-bond acceptors (Lipinski definition) is 4. The predicted molar refractivity (Wildman–Crippen MR) is 75.2 cm³/mol. The Bertz CT molecular complexity index is 463. The van der Waals surface area contributed by atoms with Gasteiger partial charge in [0.25, 0.3) is 5.91 Å². The van der Waals surface area contributed by atoms with Gasteiger partial charge in [0.2, 0.25) is 0 Å². The van der Waals surface area contributed by atoms with Gasteiger partial charge in [-0.05, 0) is 44.5 Å². The molecule has 0 aliphatic heterocycles. The van der Waals surface area contributed by atoms with Crippen molar-refractivity contribution in [2.45, 2.75) is 26.3 Å². The highest BCUT2D eigenvalue weighted by Gasteiger charge is 2.16. The minimum atomic E-state index is -0.113. The first-order valence-corrected chi connectivity index (χ1v) is 6.61. The van der Waals surface area contributed by atoms with Crippen molar-refractivity contribution in [3.63, 3.8) is 0 Å². The van der Waals surface area contributed by atoms with Gasteiger partial charge in [0.15, 0.2) is 6.61 Å². The number of aliphatic hydroxyl groups excluding tert-OH is 1. The minimum absolute atomic E-state index is 0.0461. The molecule has 0 saturated heterocycles. The Kier molecular flexibility index (Phi) is 6.54. The molecule has 1 aromatic carbocycles. The predicted octanol–water partition coefficient (Wildman–Crippen LogP) is 1.56. The van der Waals surface area contributed by atoms with Gasteiger partial charge < -0.3 is 14.7 Å². The van der Waals surface area contributed by atoms with E-state index >= 15 is 0 Å². The normalized spacial score (nSPS) is 10.2. The van der Waals surface area contributed by atoms with Gasteiger partial charge in [-0.2, -0.15) is 5.26 Å². The number of amides is 1. The lowest BCUT2D eigenvalue weighted by molar-refractivity contribution is -0.135. The number of hydrogen-bond donors (Lipinski definition) is 1. The van der Waals surface area contributed by atoms with E-state index in [1.54, 1.807) is 29.2 Å². The van der Waals surface area contributed by atoms with Crippen LogP contribution in [-0.2, 0) is 4.79 Å². The molecular formula is C15H20N2O3. The molecule has 5 heteroatoms. The molecular weight excluding hydrogens is 256 g/mol. The molecule has 20 heavy (non-hydrogen) atoms. The Morgan fingerprint density at radius 2 is 2.05 bits per heavy atom. The fourth-order valence-electron chi connectivity index (χ4n) is 1.77. The Morgan fingerprint density at radius 3 is 2.55 bits per heavy atom. The van der Waals surface area contributed by atoms with Crippen LogP contribution in [0.1, 0.15) is 25.8 Å². The number of benzene rings is 1. The van der Waals surface area contributed by atoms with Crippen molar-refractivity contribution in [1.82, 2.24) is 4.90 Å². The summed E-state index contributed by atoms with van der Waals surface area (Å²) < 4.78 is 5.42. The van der Waals surface area contributed by atoms with Crippen molar-refractivity contribution in [1.29, 1.82) is 5.26 Å². The summed E-state index contributed by atoms with van der Waals surface area (Å²) in [6.45, 7) is 4.39. The number of nitrogens with zero attached hydrogens (tertiary/aromatic N) is 2. The Labute approximate surface area is 119 Å². The van der Waals surface area contributed by atoms with Crippen LogP contribution in [0.25, 0.3) is 0 Å². The number of aliphatic hydroxyl groups is 1. The number of ether oxygens (including phenoxy) is 1. The molecule has 5 nitrogen and oxygen atoms in total. The molecule has 0 aliphatic rings. The van der Waals surface area contributed by atoms with Crippen LogP contribution in [0, 0.1) is 11.3 Å². The highest BCUT2D eigenvalue weighted by molar-refractivity contribution is 5.78. The van der Waals surface area contributed by atoms with Crippen molar-refractivity contribution < 1.29 is 14.6 Å². The van der Waals surface area contributed by atoms with Gasteiger partial charge in [-0.1, -0.05) is 0 Å². The van der Waals surface area contributed by atoms with Gasteiger partial charge in [-0.3, -0.25) is 4.79 Å². The summed E-state index contributed by atoms with van der Waals surface area (Å²) in [5.74, 6) is 0.445. The maximum atomic E-state index is 12.1. The molecule has 0 heterocycles. The number of carbonyl (C=O) groups is 1. The molecule has 0 aromatic heterocycles. The Morgan fingerprint density at radius 1 is 1.40 bits per heavy atom. The molecule has 0 atom stereocenters. The van der Waals surface area contributed by atoms with E-state index in [4.69, 9.17) is 15.1 Å². The van der Waals surface area contributed by atoms with E-state index in [9.17, 15) is 4.79 Å². The summed E-state index contributed by atoms with van der Waals surface area (Å²) >= 11 is 0. The van der Waals surface area contributed by atoms with Crippen LogP contribution in [0.15, 0.2) is 24.3 Å². The quantitative estimate of drug-likeness (QED) is 0.820. The van der Waals surface area contributed by atoms with Crippen LogP contribution >= 0.6 is 0 Å². The lowest BCUT2D eigenvalue weighted by atomic mass is 10.2. The molecule has 0 unspecified atom stereocenters. The first-order chi connectivity index (χ1) is 9.58. The van der Waals surface area contributed by atoms with E-state index in [0.717, 1.165) is 0 Å². The molecule has 0 bridgehead atoms. The topological polar surface area (TPSA) is 73.6 Å². The molecule has 1 rings (SSSR count). The maximum absolute atomic E-state index is 12.1. The van der Waals surface area contributed by atoms with Gasteiger partial charge >= 0.3 is 0 Å². The smallest absolute Gasteiger partial charge is 0.260 e. The van der Waals surface area contributed by atoms with Crippen molar-refractivity contribution in [3.05, 3.63) is 29.8 Å². The van der Waals surface area contributed by atoms with Crippen LogP contribution in [0.4, 0.5) is 0 Å². The van der Waals surface area contributed by atoms with Crippen LogP contribution in [0.3, 0.4) is 0 Å². The fraction of sp³-hybridized carbons (Fsp3) is 0.467. The molecule has 0 radical (unpaired) electrons. The second kappa shape index (κ2) is 8.18. The van der Waals surface area contributed by atoms with Gasteiger partial charge in [-0.25, -0.2) is 0 Å². The van der Waals surface area contributed by atoms with Crippen molar-refractivity contribution in [3.8, 4) is 11.8 Å². The second-order valence-corrected chi connectivity index (χ2v) is 4.68. The fourth-order valence-corrected chi connectivity index (χ4v) is 1.77. The van der Waals surface area contributed by atoms with Crippen molar-refractivity contribution >= 4 is 5.91 Å². The molecule has 0 fully saturated rings. The van der Waals surface area contributed by atoms with E-state index < -0.39 is 0 Å². The lowest BCUT2D eigenvalue weighted by Gasteiger charge is -2.26. The highest BCUT2D eigenvalue weighted by Crippen LogP contribution is 2.12. The first kappa shape index (κ1) is 16.0. The summed E-state index contributed by atoms with van der Waals surface area (Å²) in [6.07, 6.45) is 0.556. The van der Waals surface area contributed by atoms with Crippen LogP contribution in [0.2, 0.25) is 0 Å². The molecule has 1 amide bonds. The van der Waals surface area contributed by atoms with E-state index in [0.29, 0.717) is 24.3 Å². The summed E-state index contributed by atoms with van der Waals surface area (Å²) in [5.41, 5.74) is 0.551. The summed E-state index contributed by atoms with van der Waals surface area (Å²) in [6, 6.07) is 8.71. The monoisotopic (exact) mass is 276 g/mol. The van der Waals surface area contributed by atoms with Crippen LogP contribution < -0.4 is 4.74 Å². The number of carbonyl (C=O) groups excluding carboxylic acids is 1. The standard InChI is InChI=1S/C15H20N2O3/c1-12(2)17(8-3-9-18)15(19)11-20-14-6-4-13(10-16)5-7-14/h4-7,12,18H,3,8-9,11H2,1-2H3. The third-order valence-electron chi connectivity index (χ3n) is 2.85.